The van der Waals surface area contributed by atoms with Crippen LogP contribution < -0.4 is 5.32 Å². The Kier molecular flexibility index (Phi) is 6.19. The molecule has 0 aliphatic carbocycles. The van der Waals surface area contributed by atoms with Crippen molar-refractivity contribution in [3.63, 3.8) is 0 Å². The van der Waals surface area contributed by atoms with Crippen LogP contribution in [0.2, 0.25) is 0 Å². The van der Waals surface area contributed by atoms with E-state index in [2.05, 4.69) is 5.32 Å². The highest BCUT2D eigenvalue weighted by molar-refractivity contribution is 5.85. The van der Waals surface area contributed by atoms with Crippen LogP contribution in [0.15, 0.2) is 0 Å². The lowest BCUT2D eigenvalue weighted by Gasteiger charge is -2.25. The molecule has 1 unspecified atom stereocenters. The number of carbonyl (C=O) groups excluding carboxylic acids is 1. The minimum Gasteiger partial charge on any atom is -0.380 e. The lowest BCUT2D eigenvalue weighted by atomic mass is 10.2. The number of nitrogens with zero attached hydrogens (tertiary/aromatic N) is 1. The Labute approximate surface area is 108 Å². The van der Waals surface area contributed by atoms with Crippen LogP contribution in [-0.2, 0) is 14.3 Å². The Balaban J connectivity index is 0.00000144. The fraction of sp³-hybridized carbons (Fsp3) is 0.909. The molecule has 1 amide bonds. The van der Waals surface area contributed by atoms with Crippen LogP contribution in [0.1, 0.15) is 12.8 Å². The molecule has 0 saturated carbocycles. The van der Waals surface area contributed by atoms with Gasteiger partial charge in [0.25, 0.3) is 0 Å². The van der Waals surface area contributed by atoms with Crippen molar-refractivity contribution in [2.24, 2.45) is 0 Å². The van der Waals surface area contributed by atoms with Gasteiger partial charge in [0, 0.05) is 39.2 Å². The third kappa shape index (κ3) is 4.10. The maximum absolute atomic E-state index is 11.9. The summed E-state index contributed by atoms with van der Waals surface area (Å²) in [6.07, 6.45) is 1.72. The van der Waals surface area contributed by atoms with Crippen molar-refractivity contribution < 1.29 is 14.3 Å². The van der Waals surface area contributed by atoms with E-state index in [1.165, 1.54) is 0 Å². The van der Waals surface area contributed by atoms with E-state index in [1.54, 1.807) is 7.11 Å². The Morgan fingerprint density at radius 1 is 1.59 bits per heavy atom. The fourth-order valence-corrected chi connectivity index (χ4v) is 2.24. The van der Waals surface area contributed by atoms with Gasteiger partial charge in [0.15, 0.2) is 0 Å². The van der Waals surface area contributed by atoms with E-state index in [0.717, 1.165) is 32.7 Å². The number of rotatable bonds is 3. The van der Waals surface area contributed by atoms with Gasteiger partial charge in [-0.3, -0.25) is 4.79 Å². The molecule has 0 aromatic carbocycles. The molecule has 0 bridgehead atoms. The molecule has 2 saturated heterocycles. The average Bonchev–Trinajstić information content (AvgIpc) is 2.79. The highest BCUT2D eigenvalue weighted by atomic mass is 35.5. The first kappa shape index (κ1) is 14.7. The Hall–Kier alpha value is -0.360. The smallest absolute Gasteiger partial charge is 0.224 e. The number of methoxy groups -OCH3 is 1. The quantitative estimate of drug-likeness (QED) is 0.782. The Morgan fingerprint density at radius 2 is 2.41 bits per heavy atom. The molecule has 100 valence electrons. The molecule has 2 aliphatic heterocycles. The predicted molar refractivity (Wildman–Crippen MR) is 66.5 cm³/mol. The summed E-state index contributed by atoms with van der Waals surface area (Å²) in [7, 11) is 1.70. The number of hydrogen-bond donors (Lipinski definition) is 1. The number of halogens is 1. The van der Waals surface area contributed by atoms with E-state index >= 15 is 0 Å². The molecule has 2 atom stereocenters. The van der Waals surface area contributed by atoms with E-state index in [-0.39, 0.29) is 30.5 Å². The maximum atomic E-state index is 11.9. The molecule has 0 aromatic heterocycles. The van der Waals surface area contributed by atoms with E-state index in [9.17, 15) is 4.79 Å². The molecule has 2 fully saturated rings. The predicted octanol–water partition coefficient (Wildman–Crippen LogP) is 0.0340. The third-order valence-electron chi connectivity index (χ3n) is 3.25. The van der Waals surface area contributed by atoms with E-state index in [0.29, 0.717) is 13.0 Å². The molecule has 0 radical (unpaired) electrons. The largest absolute Gasteiger partial charge is 0.380 e. The minimum absolute atomic E-state index is 0. The highest BCUT2D eigenvalue weighted by Crippen LogP contribution is 2.14. The second-order valence-electron chi connectivity index (χ2n) is 4.42. The summed E-state index contributed by atoms with van der Waals surface area (Å²) in [6.45, 7) is 3.81. The van der Waals surface area contributed by atoms with Gasteiger partial charge in [0.2, 0.25) is 5.91 Å². The van der Waals surface area contributed by atoms with Gasteiger partial charge in [-0.1, -0.05) is 0 Å². The normalized spacial score (nSPS) is 28.9. The molecule has 6 heteroatoms. The molecule has 2 rings (SSSR count). The Bertz CT molecular complexity index is 247. The zero-order valence-corrected chi connectivity index (χ0v) is 11.0. The lowest BCUT2D eigenvalue weighted by molar-refractivity contribution is -0.131. The summed E-state index contributed by atoms with van der Waals surface area (Å²) in [5.41, 5.74) is 0. The van der Waals surface area contributed by atoms with Gasteiger partial charge in [-0.25, -0.2) is 0 Å². The standard InChI is InChI=1S/C11H20N2O3.ClH/c1-15-10-2-4-13(7-10)11(14)6-9-8-16-5-3-12-9;/h9-10,12H,2-8H2,1H3;1H/t9?,10-;/m0./s1. The summed E-state index contributed by atoms with van der Waals surface area (Å²) in [5.74, 6) is 0.211. The van der Waals surface area contributed by atoms with Crippen molar-refractivity contribution in [1.82, 2.24) is 10.2 Å². The number of morpholine rings is 1. The molecular weight excluding hydrogens is 244 g/mol. The van der Waals surface area contributed by atoms with Gasteiger partial charge in [-0.05, 0) is 6.42 Å². The van der Waals surface area contributed by atoms with Crippen molar-refractivity contribution >= 4 is 18.3 Å². The lowest BCUT2D eigenvalue weighted by Crippen LogP contribution is -2.44. The molecular formula is C11H21ClN2O3. The zero-order valence-electron chi connectivity index (χ0n) is 10.2. The van der Waals surface area contributed by atoms with E-state index < -0.39 is 0 Å². The first-order chi connectivity index (χ1) is 7.79. The van der Waals surface area contributed by atoms with Crippen molar-refractivity contribution in [3.05, 3.63) is 0 Å². The zero-order chi connectivity index (χ0) is 11.4. The SMILES string of the molecule is CO[C@H]1CCN(C(=O)CC2COCCN2)C1.Cl. The number of likely N-dealkylation sites (tertiary alicyclic amines) is 1. The molecule has 2 aliphatic rings. The van der Waals surface area contributed by atoms with Gasteiger partial charge < -0.3 is 19.7 Å². The van der Waals surface area contributed by atoms with Gasteiger partial charge >= 0.3 is 0 Å². The summed E-state index contributed by atoms with van der Waals surface area (Å²) in [5, 5.41) is 3.29. The van der Waals surface area contributed by atoms with Crippen molar-refractivity contribution in [2.45, 2.75) is 25.0 Å². The molecule has 2 heterocycles. The van der Waals surface area contributed by atoms with Crippen LogP contribution in [0.5, 0.6) is 0 Å². The Morgan fingerprint density at radius 3 is 3.00 bits per heavy atom. The summed E-state index contributed by atoms with van der Waals surface area (Å²) >= 11 is 0. The van der Waals surface area contributed by atoms with Crippen molar-refractivity contribution in [1.29, 1.82) is 0 Å². The first-order valence-corrected chi connectivity index (χ1v) is 5.91. The van der Waals surface area contributed by atoms with Crippen LogP contribution in [-0.4, -0.2) is 62.9 Å². The fourth-order valence-electron chi connectivity index (χ4n) is 2.24. The number of ether oxygens (including phenoxy) is 2. The van der Waals surface area contributed by atoms with Crippen molar-refractivity contribution in [2.75, 3.05) is 40.0 Å². The van der Waals surface area contributed by atoms with Gasteiger partial charge in [-0.15, -0.1) is 12.4 Å². The topological polar surface area (TPSA) is 50.8 Å². The van der Waals surface area contributed by atoms with E-state index in [4.69, 9.17) is 9.47 Å². The number of amides is 1. The van der Waals surface area contributed by atoms with E-state index in [1.807, 2.05) is 4.90 Å². The maximum Gasteiger partial charge on any atom is 0.224 e. The third-order valence-corrected chi connectivity index (χ3v) is 3.25. The van der Waals surface area contributed by atoms with Crippen LogP contribution in [0, 0.1) is 0 Å². The second-order valence-corrected chi connectivity index (χ2v) is 4.42. The summed E-state index contributed by atoms with van der Waals surface area (Å²) in [4.78, 5) is 13.8. The number of nitrogens with one attached hydrogen (secondary N) is 1. The molecule has 0 spiro atoms. The monoisotopic (exact) mass is 264 g/mol. The minimum atomic E-state index is 0. The first-order valence-electron chi connectivity index (χ1n) is 5.91. The molecule has 0 aromatic rings. The number of hydrogen-bond acceptors (Lipinski definition) is 4. The van der Waals surface area contributed by atoms with Crippen LogP contribution in [0.3, 0.4) is 0 Å². The molecule has 1 N–H and O–H groups in total. The average molecular weight is 265 g/mol. The van der Waals surface area contributed by atoms with Gasteiger partial charge in [0.05, 0.1) is 19.3 Å². The molecule has 17 heavy (non-hydrogen) atoms. The summed E-state index contributed by atoms with van der Waals surface area (Å²) in [6, 6.07) is 0.183. The van der Waals surface area contributed by atoms with Gasteiger partial charge in [-0.2, -0.15) is 0 Å². The second kappa shape index (κ2) is 7.16. The van der Waals surface area contributed by atoms with Crippen molar-refractivity contribution in [3.8, 4) is 0 Å². The highest BCUT2D eigenvalue weighted by Gasteiger charge is 2.27. The molecule has 5 nitrogen and oxygen atoms in total. The van der Waals surface area contributed by atoms with Crippen LogP contribution in [0.25, 0.3) is 0 Å². The van der Waals surface area contributed by atoms with Crippen LogP contribution >= 0.6 is 12.4 Å². The van der Waals surface area contributed by atoms with Crippen LogP contribution in [0.4, 0.5) is 0 Å². The van der Waals surface area contributed by atoms with Gasteiger partial charge in [0.1, 0.15) is 0 Å². The number of carbonyl (C=O) groups is 1. The summed E-state index contributed by atoms with van der Waals surface area (Å²) < 4.78 is 10.6.